The molecule has 2 aromatic carbocycles. The molecule has 150 valence electrons. The van der Waals surface area contributed by atoms with Crippen LogP contribution in [0.1, 0.15) is 35.2 Å². The average Bonchev–Trinajstić information content (AvgIpc) is 3.07. The van der Waals surface area contributed by atoms with E-state index in [4.69, 9.17) is 16.0 Å². The van der Waals surface area contributed by atoms with Crippen LogP contribution in [0.25, 0.3) is 11.5 Å². The average molecular weight is 412 g/mol. The van der Waals surface area contributed by atoms with E-state index in [0.29, 0.717) is 35.1 Å². The Balaban J connectivity index is 1.66. The monoisotopic (exact) mass is 411 g/mol. The van der Waals surface area contributed by atoms with Gasteiger partial charge >= 0.3 is 0 Å². The van der Waals surface area contributed by atoms with Crippen molar-refractivity contribution >= 4 is 29.1 Å². The second kappa shape index (κ2) is 9.39. The van der Waals surface area contributed by atoms with Gasteiger partial charge in [0, 0.05) is 17.8 Å². The minimum absolute atomic E-state index is 0.0680. The van der Waals surface area contributed by atoms with Gasteiger partial charge in [-0.25, -0.2) is 4.98 Å². The quantitative estimate of drug-likeness (QED) is 0.593. The third kappa shape index (κ3) is 5.23. The number of carbonyl (C=O) groups excluding carboxylic acids is 2. The number of benzene rings is 2. The van der Waals surface area contributed by atoms with Gasteiger partial charge in [0.15, 0.2) is 0 Å². The Bertz CT molecular complexity index is 1020. The molecule has 29 heavy (non-hydrogen) atoms. The fourth-order valence-electron chi connectivity index (χ4n) is 2.76. The number of amides is 2. The Morgan fingerprint density at radius 3 is 2.59 bits per heavy atom. The van der Waals surface area contributed by atoms with Crippen LogP contribution >= 0.6 is 11.6 Å². The maximum atomic E-state index is 12.4. The van der Waals surface area contributed by atoms with Gasteiger partial charge in [-0.3, -0.25) is 9.59 Å². The first kappa shape index (κ1) is 20.6. The number of anilines is 1. The van der Waals surface area contributed by atoms with Crippen molar-refractivity contribution in [2.45, 2.75) is 26.7 Å². The number of nitrogens with one attached hydrogen (secondary N) is 2. The largest absolute Gasteiger partial charge is 0.441 e. The maximum absolute atomic E-state index is 12.4. The molecule has 1 aromatic heterocycles. The first-order chi connectivity index (χ1) is 14.0. The van der Waals surface area contributed by atoms with Gasteiger partial charge < -0.3 is 15.1 Å². The minimum atomic E-state index is -0.250. The first-order valence-electron chi connectivity index (χ1n) is 9.37. The van der Waals surface area contributed by atoms with E-state index in [1.807, 2.05) is 37.3 Å². The number of halogens is 1. The van der Waals surface area contributed by atoms with E-state index in [-0.39, 0.29) is 23.3 Å². The molecule has 0 radical (unpaired) electrons. The molecule has 2 amide bonds. The molecular weight excluding hydrogens is 390 g/mol. The lowest BCUT2D eigenvalue weighted by Gasteiger charge is -2.09. The van der Waals surface area contributed by atoms with Crippen LogP contribution in [0.4, 0.5) is 5.69 Å². The highest BCUT2D eigenvalue weighted by atomic mass is 35.5. The highest BCUT2D eigenvalue weighted by Gasteiger charge is 2.16. The molecule has 0 bridgehead atoms. The van der Waals surface area contributed by atoms with Crippen LogP contribution in [0.5, 0.6) is 0 Å². The molecule has 0 aliphatic heterocycles. The molecule has 6 nitrogen and oxygen atoms in total. The Morgan fingerprint density at radius 1 is 1.14 bits per heavy atom. The van der Waals surface area contributed by atoms with Crippen molar-refractivity contribution in [3.63, 3.8) is 0 Å². The summed E-state index contributed by atoms with van der Waals surface area (Å²) in [7, 11) is 0. The first-order valence-corrected chi connectivity index (χ1v) is 9.75. The van der Waals surface area contributed by atoms with Crippen molar-refractivity contribution in [3.8, 4) is 11.5 Å². The summed E-state index contributed by atoms with van der Waals surface area (Å²) in [5.41, 5.74) is 2.31. The number of nitrogens with zero attached hydrogens (tertiary/aromatic N) is 1. The van der Waals surface area contributed by atoms with E-state index in [1.165, 1.54) is 0 Å². The fraction of sp³-hybridized carbons (Fsp3) is 0.227. The van der Waals surface area contributed by atoms with Gasteiger partial charge in [0.2, 0.25) is 11.8 Å². The second-order valence-electron chi connectivity index (χ2n) is 6.56. The number of oxazole rings is 1. The Labute approximate surface area is 174 Å². The van der Waals surface area contributed by atoms with Crippen LogP contribution in [0.2, 0.25) is 5.02 Å². The molecule has 0 fully saturated rings. The molecule has 3 rings (SSSR count). The lowest BCUT2D eigenvalue weighted by Crippen LogP contribution is -2.24. The Hall–Kier alpha value is -3.12. The SMILES string of the molecule is CCCNC(=O)c1ccc(NC(=O)Cc2nc(-c3ccccc3)oc2C)cc1Cl. The number of aromatic nitrogens is 1. The van der Waals surface area contributed by atoms with Gasteiger partial charge in [-0.05, 0) is 43.7 Å². The Morgan fingerprint density at radius 2 is 1.90 bits per heavy atom. The van der Waals surface area contributed by atoms with Crippen LogP contribution in [0, 0.1) is 6.92 Å². The molecule has 0 saturated heterocycles. The van der Waals surface area contributed by atoms with Crippen molar-refractivity contribution in [3.05, 3.63) is 70.6 Å². The highest BCUT2D eigenvalue weighted by Crippen LogP contribution is 2.23. The molecule has 0 saturated carbocycles. The number of aryl methyl sites for hydroxylation is 1. The summed E-state index contributed by atoms with van der Waals surface area (Å²) >= 11 is 6.20. The summed E-state index contributed by atoms with van der Waals surface area (Å²) in [5, 5.41) is 5.83. The molecule has 0 unspecified atom stereocenters. The lowest BCUT2D eigenvalue weighted by molar-refractivity contribution is -0.115. The van der Waals surface area contributed by atoms with Crippen molar-refractivity contribution < 1.29 is 14.0 Å². The predicted molar refractivity (Wildman–Crippen MR) is 113 cm³/mol. The second-order valence-corrected chi connectivity index (χ2v) is 6.97. The van der Waals surface area contributed by atoms with E-state index in [9.17, 15) is 9.59 Å². The Kier molecular flexibility index (Phi) is 6.67. The summed E-state index contributed by atoms with van der Waals surface area (Å²) in [4.78, 5) is 28.9. The number of carbonyl (C=O) groups is 2. The number of hydrogen-bond acceptors (Lipinski definition) is 4. The highest BCUT2D eigenvalue weighted by molar-refractivity contribution is 6.34. The smallest absolute Gasteiger partial charge is 0.252 e. The topological polar surface area (TPSA) is 84.2 Å². The molecule has 1 heterocycles. The number of hydrogen-bond donors (Lipinski definition) is 2. The third-order valence-corrected chi connectivity index (χ3v) is 4.59. The summed E-state index contributed by atoms with van der Waals surface area (Å²) in [6, 6.07) is 14.3. The molecule has 0 atom stereocenters. The van der Waals surface area contributed by atoms with Gasteiger partial charge in [0.05, 0.1) is 22.7 Å². The van der Waals surface area contributed by atoms with Crippen LogP contribution in [0.3, 0.4) is 0 Å². The van der Waals surface area contributed by atoms with E-state index in [0.717, 1.165) is 12.0 Å². The van der Waals surface area contributed by atoms with Crippen LogP contribution in [0.15, 0.2) is 52.9 Å². The molecule has 0 aliphatic rings. The summed E-state index contributed by atoms with van der Waals surface area (Å²) in [5.74, 6) is 0.595. The molecule has 7 heteroatoms. The normalized spacial score (nSPS) is 10.6. The van der Waals surface area contributed by atoms with Crippen LogP contribution < -0.4 is 10.6 Å². The van der Waals surface area contributed by atoms with E-state index in [2.05, 4.69) is 15.6 Å². The zero-order valence-electron chi connectivity index (χ0n) is 16.3. The fourth-order valence-corrected chi connectivity index (χ4v) is 3.03. The summed E-state index contributed by atoms with van der Waals surface area (Å²) in [6.45, 7) is 4.33. The maximum Gasteiger partial charge on any atom is 0.252 e. The third-order valence-electron chi connectivity index (χ3n) is 4.27. The molecule has 3 aromatic rings. The van der Waals surface area contributed by atoms with Gasteiger partial charge in [-0.2, -0.15) is 0 Å². The van der Waals surface area contributed by atoms with Crippen molar-refractivity contribution in [1.82, 2.24) is 10.3 Å². The minimum Gasteiger partial charge on any atom is -0.441 e. The van der Waals surface area contributed by atoms with Gasteiger partial charge in [0.1, 0.15) is 5.76 Å². The van der Waals surface area contributed by atoms with E-state index in [1.54, 1.807) is 25.1 Å². The summed E-state index contributed by atoms with van der Waals surface area (Å²) < 4.78 is 5.69. The van der Waals surface area contributed by atoms with Crippen molar-refractivity contribution in [1.29, 1.82) is 0 Å². The predicted octanol–water partition coefficient (Wildman–Crippen LogP) is 4.62. The van der Waals surface area contributed by atoms with Gasteiger partial charge in [-0.15, -0.1) is 0 Å². The van der Waals surface area contributed by atoms with Crippen LogP contribution in [-0.2, 0) is 11.2 Å². The molecule has 0 aliphatic carbocycles. The molecule has 0 spiro atoms. The van der Waals surface area contributed by atoms with E-state index < -0.39 is 0 Å². The van der Waals surface area contributed by atoms with Crippen LogP contribution in [-0.4, -0.2) is 23.3 Å². The molecule has 2 N–H and O–H groups in total. The standard InChI is InChI=1S/C22H22ClN3O3/c1-3-11-24-21(28)17-10-9-16(12-18(17)23)25-20(27)13-19-14(2)29-22(26-19)15-7-5-4-6-8-15/h4-10,12H,3,11,13H2,1-2H3,(H,24,28)(H,25,27). The zero-order valence-corrected chi connectivity index (χ0v) is 17.0. The number of rotatable bonds is 7. The molecular formula is C22H22ClN3O3. The van der Waals surface area contributed by atoms with Crippen molar-refractivity contribution in [2.24, 2.45) is 0 Å². The van der Waals surface area contributed by atoms with E-state index >= 15 is 0 Å². The van der Waals surface area contributed by atoms with Gasteiger partial charge in [-0.1, -0.05) is 36.7 Å². The summed E-state index contributed by atoms with van der Waals surface area (Å²) in [6.07, 6.45) is 0.906. The van der Waals surface area contributed by atoms with Gasteiger partial charge in [0.25, 0.3) is 5.91 Å². The zero-order chi connectivity index (χ0) is 20.8. The van der Waals surface area contributed by atoms with Crippen molar-refractivity contribution in [2.75, 3.05) is 11.9 Å². The lowest BCUT2D eigenvalue weighted by atomic mass is 10.1.